The van der Waals surface area contributed by atoms with Gasteiger partial charge in [-0.3, -0.25) is 14.7 Å². The molecule has 0 atom stereocenters. The van der Waals surface area contributed by atoms with E-state index in [1.807, 2.05) is 18.3 Å². The lowest BCUT2D eigenvalue weighted by Gasteiger charge is -2.30. The molecule has 0 spiro atoms. The molecule has 8 heteroatoms. The first-order chi connectivity index (χ1) is 17.1. The lowest BCUT2D eigenvalue weighted by molar-refractivity contribution is -0.116. The van der Waals surface area contributed by atoms with Gasteiger partial charge in [0.25, 0.3) is 0 Å². The highest BCUT2D eigenvalue weighted by Crippen LogP contribution is 2.45. The summed E-state index contributed by atoms with van der Waals surface area (Å²) in [5.74, 6) is 0.0422. The molecule has 4 heterocycles. The molecule has 0 saturated carbocycles. The Balaban J connectivity index is 1.29. The van der Waals surface area contributed by atoms with Crippen molar-refractivity contribution in [2.45, 2.75) is 45.7 Å². The summed E-state index contributed by atoms with van der Waals surface area (Å²) in [5.41, 5.74) is 4.70. The third-order valence-corrected chi connectivity index (χ3v) is 8.61. The molecule has 182 valence electrons. The molecule has 6 nitrogen and oxygen atoms in total. The highest BCUT2D eigenvalue weighted by atomic mass is 32.1. The van der Waals surface area contributed by atoms with Crippen molar-refractivity contribution in [3.63, 3.8) is 0 Å². The van der Waals surface area contributed by atoms with Gasteiger partial charge < -0.3 is 10.6 Å². The van der Waals surface area contributed by atoms with Gasteiger partial charge in [0.15, 0.2) is 0 Å². The smallest absolute Gasteiger partial charge is 0.226 e. The molecule has 0 radical (unpaired) electrons. The van der Waals surface area contributed by atoms with Gasteiger partial charge in [0.05, 0.1) is 10.2 Å². The molecule has 1 amide bonds. The molecule has 0 unspecified atom stereocenters. The number of para-hydroxylation sites is 1. The van der Waals surface area contributed by atoms with Crippen molar-refractivity contribution in [1.82, 2.24) is 20.2 Å². The SMILES string of the molecule is CC(C)N1CCc2c(sc(NC(=O)CCNCCc3cccnc3)c2-c2nc3ccccc3s2)C1. The molecule has 0 bridgehead atoms. The summed E-state index contributed by atoms with van der Waals surface area (Å²) in [7, 11) is 0. The third-order valence-electron chi connectivity index (χ3n) is 6.42. The molecule has 1 aliphatic rings. The maximum atomic E-state index is 12.9. The second-order valence-electron chi connectivity index (χ2n) is 9.17. The minimum absolute atomic E-state index is 0.0422. The van der Waals surface area contributed by atoms with Gasteiger partial charge in [-0.25, -0.2) is 4.98 Å². The van der Waals surface area contributed by atoms with E-state index in [4.69, 9.17) is 4.98 Å². The van der Waals surface area contributed by atoms with Gasteiger partial charge in [0.2, 0.25) is 5.91 Å². The van der Waals surface area contributed by atoms with Crippen LogP contribution in [-0.4, -0.2) is 46.5 Å². The Morgan fingerprint density at radius 2 is 2.03 bits per heavy atom. The van der Waals surface area contributed by atoms with Crippen LogP contribution in [0.3, 0.4) is 0 Å². The van der Waals surface area contributed by atoms with Crippen LogP contribution >= 0.6 is 22.7 Å². The zero-order valence-corrected chi connectivity index (χ0v) is 21.8. The Bertz CT molecular complexity index is 1260. The number of aromatic nitrogens is 2. The second kappa shape index (κ2) is 11.0. The Morgan fingerprint density at radius 1 is 1.14 bits per heavy atom. The average Bonchev–Trinajstić information content (AvgIpc) is 3.44. The zero-order chi connectivity index (χ0) is 24.2. The Kier molecular flexibility index (Phi) is 7.53. The van der Waals surface area contributed by atoms with Crippen LogP contribution in [0.5, 0.6) is 0 Å². The van der Waals surface area contributed by atoms with Gasteiger partial charge in [-0.1, -0.05) is 18.2 Å². The molecular weight excluding hydrogens is 474 g/mol. The van der Waals surface area contributed by atoms with Crippen molar-refractivity contribution in [2.75, 3.05) is 25.0 Å². The van der Waals surface area contributed by atoms with Crippen LogP contribution in [-0.2, 0) is 24.2 Å². The van der Waals surface area contributed by atoms with Crippen molar-refractivity contribution in [3.05, 3.63) is 64.8 Å². The minimum Gasteiger partial charge on any atom is -0.317 e. The molecule has 1 aromatic carbocycles. The topological polar surface area (TPSA) is 70.2 Å². The van der Waals surface area contributed by atoms with E-state index in [0.29, 0.717) is 19.0 Å². The van der Waals surface area contributed by atoms with Gasteiger partial charge in [0, 0.05) is 54.9 Å². The fourth-order valence-electron chi connectivity index (χ4n) is 4.45. The Labute approximate surface area is 214 Å². The predicted molar refractivity (Wildman–Crippen MR) is 146 cm³/mol. The van der Waals surface area contributed by atoms with Crippen LogP contribution in [0.4, 0.5) is 5.00 Å². The summed E-state index contributed by atoms with van der Waals surface area (Å²) < 4.78 is 1.18. The van der Waals surface area contributed by atoms with E-state index in [0.717, 1.165) is 53.6 Å². The van der Waals surface area contributed by atoms with Crippen LogP contribution in [0.25, 0.3) is 20.8 Å². The molecule has 5 rings (SSSR count). The summed E-state index contributed by atoms with van der Waals surface area (Å²) in [6.07, 6.45) is 6.00. The number of thiazole rings is 1. The van der Waals surface area contributed by atoms with Gasteiger partial charge in [-0.15, -0.1) is 22.7 Å². The van der Waals surface area contributed by atoms with Crippen LogP contribution in [0, 0.1) is 0 Å². The van der Waals surface area contributed by atoms with Crippen molar-refractivity contribution in [3.8, 4) is 10.6 Å². The fourth-order valence-corrected chi connectivity index (χ4v) is 6.85. The number of rotatable bonds is 9. The normalized spacial score (nSPS) is 13.9. The number of carbonyl (C=O) groups excluding carboxylic acids is 1. The molecule has 35 heavy (non-hydrogen) atoms. The maximum Gasteiger partial charge on any atom is 0.226 e. The summed E-state index contributed by atoms with van der Waals surface area (Å²) in [5, 5.41) is 8.57. The van der Waals surface area contributed by atoms with Crippen molar-refractivity contribution in [2.24, 2.45) is 0 Å². The first kappa shape index (κ1) is 24.1. The quantitative estimate of drug-likeness (QED) is 0.300. The number of carbonyl (C=O) groups is 1. The number of nitrogens with zero attached hydrogens (tertiary/aromatic N) is 3. The molecule has 0 aliphatic carbocycles. The van der Waals surface area contributed by atoms with Crippen molar-refractivity contribution >= 4 is 43.8 Å². The molecule has 1 aliphatic heterocycles. The molecule has 0 fully saturated rings. The third kappa shape index (κ3) is 5.62. The number of anilines is 1. The number of fused-ring (bicyclic) bond motifs is 2. The van der Waals surface area contributed by atoms with Gasteiger partial charge >= 0.3 is 0 Å². The predicted octanol–water partition coefficient (Wildman–Crippen LogP) is 5.35. The zero-order valence-electron chi connectivity index (χ0n) is 20.2. The molecule has 4 aromatic rings. The standard InChI is InChI=1S/C27H31N5OS2/c1-18(2)32-15-11-20-23(17-32)35-27(25(20)26-30-21-7-3-4-8-22(21)34-26)31-24(33)10-14-28-13-9-19-6-5-12-29-16-19/h3-8,12,16,18,28H,9-11,13-15,17H2,1-2H3,(H,31,33). The Hall–Kier alpha value is -2.65. The second-order valence-corrected chi connectivity index (χ2v) is 11.3. The molecular formula is C27H31N5OS2. The van der Waals surface area contributed by atoms with Crippen LogP contribution in [0.15, 0.2) is 48.8 Å². The fraction of sp³-hybridized carbons (Fsp3) is 0.370. The maximum absolute atomic E-state index is 12.9. The van der Waals surface area contributed by atoms with E-state index in [-0.39, 0.29) is 5.91 Å². The first-order valence-electron chi connectivity index (χ1n) is 12.2. The van der Waals surface area contributed by atoms with E-state index in [1.54, 1.807) is 28.9 Å². The highest BCUT2D eigenvalue weighted by molar-refractivity contribution is 7.22. The number of amides is 1. The number of thiophene rings is 1. The van der Waals surface area contributed by atoms with Gasteiger partial charge in [-0.2, -0.15) is 0 Å². The summed E-state index contributed by atoms with van der Waals surface area (Å²) in [4.78, 5) is 25.8. The van der Waals surface area contributed by atoms with E-state index >= 15 is 0 Å². The summed E-state index contributed by atoms with van der Waals surface area (Å²) in [6.45, 7) is 7.94. The average molecular weight is 506 g/mol. The van der Waals surface area contributed by atoms with E-state index in [2.05, 4.69) is 58.6 Å². The van der Waals surface area contributed by atoms with Gasteiger partial charge in [0.1, 0.15) is 10.0 Å². The van der Waals surface area contributed by atoms with Crippen LogP contribution in [0.2, 0.25) is 0 Å². The van der Waals surface area contributed by atoms with Gasteiger partial charge in [-0.05, 0) is 62.6 Å². The van der Waals surface area contributed by atoms with Crippen LogP contribution < -0.4 is 10.6 Å². The number of nitrogens with one attached hydrogen (secondary N) is 2. The van der Waals surface area contributed by atoms with E-state index in [9.17, 15) is 4.79 Å². The summed E-state index contributed by atoms with van der Waals surface area (Å²) >= 11 is 3.43. The summed E-state index contributed by atoms with van der Waals surface area (Å²) in [6, 6.07) is 12.8. The number of pyridine rings is 1. The van der Waals surface area contributed by atoms with Crippen molar-refractivity contribution in [1.29, 1.82) is 0 Å². The number of benzene rings is 1. The minimum atomic E-state index is 0.0422. The molecule has 0 saturated heterocycles. The van der Waals surface area contributed by atoms with Crippen molar-refractivity contribution < 1.29 is 4.79 Å². The number of hydrogen-bond acceptors (Lipinski definition) is 7. The lowest BCUT2D eigenvalue weighted by Crippen LogP contribution is -2.35. The Morgan fingerprint density at radius 3 is 2.83 bits per heavy atom. The molecule has 2 N–H and O–H groups in total. The van der Waals surface area contributed by atoms with E-state index in [1.165, 1.54) is 20.7 Å². The highest BCUT2D eigenvalue weighted by Gasteiger charge is 2.28. The molecule has 3 aromatic heterocycles. The van der Waals surface area contributed by atoms with E-state index < -0.39 is 0 Å². The van der Waals surface area contributed by atoms with Crippen LogP contribution in [0.1, 0.15) is 36.3 Å². The monoisotopic (exact) mass is 505 g/mol. The first-order valence-corrected chi connectivity index (χ1v) is 13.9. The lowest BCUT2D eigenvalue weighted by atomic mass is 10.0. The largest absolute Gasteiger partial charge is 0.317 e. The number of hydrogen-bond donors (Lipinski definition) is 2.